The van der Waals surface area contributed by atoms with Crippen LogP contribution in [0.15, 0.2) is 24.3 Å². The van der Waals surface area contributed by atoms with Gasteiger partial charge >= 0.3 is 0 Å². The molecule has 0 aliphatic carbocycles. The van der Waals surface area contributed by atoms with E-state index in [4.69, 9.17) is 10.6 Å². The van der Waals surface area contributed by atoms with E-state index >= 15 is 0 Å². The van der Waals surface area contributed by atoms with Crippen molar-refractivity contribution in [1.29, 1.82) is 0 Å². The summed E-state index contributed by atoms with van der Waals surface area (Å²) in [4.78, 5) is 0. The lowest BCUT2D eigenvalue weighted by atomic mass is 10.1. The average Bonchev–Trinajstić information content (AvgIpc) is 2.20. The van der Waals surface area contributed by atoms with Crippen LogP contribution in [0.2, 0.25) is 0 Å². The number of ether oxygens (including phenoxy) is 1. The van der Waals surface area contributed by atoms with Crippen molar-refractivity contribution >= 4 is 0 Å². The summed E-state index contributed by atoms with van der Waals surface area (Å²) < 4.78 is 5.72. The molecule has 0 heterocycles. The summed E-state index contributed by atoms with van der Waals surface area (Å²) in [6, 6.07) is 8.35. The molecule has 16 heavy (non-hydrogen) atoms. The molecule has 0 bridgehead atoms. The van der Waals surface area contributed by atoms with Crippen molar-refractivity contribution in [3.63, 3.8) is 0 Å². The monoisotopic (exact) mass is 222 g/mol. The summed E-state index contributed by atoms with van der Waals surface area (Å²) in [5.74, 6) is 5.54. The van der Waals surface area contributed by atoms with Crippen molar-refractivity contribution in [3.05, 3.63) is 35.4 Å². The molecule has 0 saturated carbocycles. The number of hydrazine groups is 1. The first-order valence-electron chi connectivity index (χ1n) is 5.59. The van der Waals surface area contributed by atoms with E-state index in [0.29, 0.717) is 6.61 Å². The van der Waals surface area contributed by atoms with Gasteiger partial charge in [-0.3, -0.25) is 11.3 Å². The molecule has 0 aliphatic rings. The van der Waals surface area contributed by atoms with Gasteiger partial charge in [0.1, 0.15) is 0 Å². The molecule has 3 N–H and O–H groups in total. The van der Waals surface area contributed by atoms with E-state index in [-0.39, 0.29) is 11.6 Å². The quantitative estimate of drug-likeness (QED) is 0.607. The lowest BCUT2D eigenvalue weighted by molar-refractivity contribution is -0.0148. The van der Waals surface area contributed by atoms with Crippen molar-refractivity contribution in [2.45, 2.75) is 39.3 Å². The molecule has 0 aliphatic heterocycles. The number of hydrogen-bond donors (Lipinski definition) is 2. The highest BCUT2D eigenvalue weighted by atomic mass is 16.5. The van der Waals surface area contributed by atoms with E-state index < -0.39 is 0 Å². The molecule has 3 nitrogen and oxygen atoms in total. The van der Waals surface area contributed by atoms with Crippen LogP contribution in [0.1, 0.15) is 37.9 Å². The summed E-state index contributed by atoms with van der Waals surface area (Å²) in [6.45, 7) is 8.75. The van der Waals surface area contributed by atoms with Crippen LogP contribution >= 0.6 is 0 Å². The van der Waals surface area contributed by atoms with Crippen LogP contribution in [0.3, 0.4) is 0 Å². The van der Waals surface area contributed by atoms with E-state index in [1.54, 1.807) is 0 Å². The highest BCUT2D eigenvalue weighted by Crippen LogP contribution is 2.16. The molecular formula is C13H22N2O. The molecule has 1 aromatic carbocycles. The molecule has 0 saturated heterocycles. The predicted octanol–water partition coefficient (Wildman–Crippen LogP) is 2.31. The summed E-state index contributed by atoms with van der Waals surface area (Å²) in [7, 11) is 0. The molecule has 1 unspecified atom stereocenters. The summed E-state index contributed by atoms with van der Waals surface area (Å²) in [5.41, 5.74) is 5.04. The van der Waals surface area contributed by atoms with E-state index in [0.717, 1.165) is 5.56 Å². The Morgan fingerprint density at radius 1 is 1.25 bits per heavy atom. The molecular weight excluding hydrogens is 200 g/mol. The van der Waals surface area contributed by atoms with Crippen LogP contribution in [-0.4, -0.2) is 12.2 Å². The zero-order chi connectivity index (χ0) is 12.2. The molecule has 0 radical (unpaired) electrons. The smallest absolute Gasteiger partial charge is 0.0694 e. The SMILES string of the molecule is Cc1ccc(C(COC(C)(C)C)NN)cc1. The average molecular weight is 222 g/mol. The first kappa shape index (κ1) is 13.2. The van der Waals surface area contributed by atoms with Crippen LogP contribution in [0, 0.1) is 6.92 Å². The van der Waals surface area contributed by atoms with Crippen LogP contribution in [0.25, 0.3) is 0 Å². The maximum absolute atomic E-state index is 5.72. The zero-order valence-electron chi connectivity index (χ0n) is 10.6. The molecule has 1 rings (SSSR count). The van der Waals surface area contributed by atoms with E-state index in [1.807, 2.05) is 20.8 Å². The number of hydrogen-bond acceptors (Lipinski definition) is 3. The number of rotatable bonds is 4. The Labute approximate surface area is 98.0 Å². The highest BCUT2D eigenvalue weighted by Gasteiger charge is 2.15. The summed E-state index contributed by atoms with van der Waals surface area (Å²) in [5, 5.41) is 0. The summed E-state index contributed by atoms with van der Waals surface area (Å²) >= 11 is 0. The molecule has 0 aromatic heterocycles. The Morgan fingerprint density at radius 3 is 2.25 bits per heavy atom. The molecule has 1 aromatic rings. The highest BCUT2D eigenvalue weighted by molar-refractivity contribution is 5.24. The maximum atomic E-state index is 5.72. The second-order valence-corrected chi connectivity index (χ2v) is 5.05. The van der Waals surface area contributed by atoms with E-state index in [9.17, 15) is 0 Å². The number of aryl methyl sites for hydroxylation is 1. The van der Waals surface area contributed by atoms with Crippen molar-refractivity contribution in [2.75, 3.05) is 6.61 Å². The Morgan fingerprint density at radius 2 is 1.81 bits per heavy atom. The lowest BCUT2D eigenvalue weighted by Gasteiger charge is -2.24. The van der Waals surface area contributed by atoms with Crippen molar-refractivity contribution in [3.8, 4) is 0 Å². The summed E-state index contributed by atoms with van der Waals surface area (Å²) in [6.07, 6.45) is 0. The van der Waals surface area contributed by atoms with Gasteiger partial charge in [-0.05, 0) is 33.3 Å². The number of benzene rings is 1. The van der Waals surface area contributed by atoms with Gasteiger partial charge in [0.25, 0.3) is 0 Å². The van der Waals surface area contributed by atoms with E-state index in [2.05, 4.69) is 36.6 Å². The molecule has 0 spiro atoms. The fraction of sp³-hybridized carbons (Fsp3) is 0.538. The topological polar surface area (TPSA) is 47.3 Å². The van der Waals surface area contributed by atoms with Gasteiger partial charge in [0, 0.05) is 0 Å². The van der Waals surface area contributed by atoms with E-state index in [1.165, 1.54) is 5.56 Å². The minimum absolute atomic E-state index is 0.0415. The van der Waals surface area contributed by atoms with Gasteiger partial charge in [0.15, 0.2) is 0 Å². The first-order valence-corrected chi connectivity index (χ1v) is 5.59. The second kappa shape index (κ2) is 5.43. The minimum Gasteiger partial charge on any atom is -0.374 e. The van der Waals surface area contributed by atoms with Gasteiger partial charge in [-0.15, -0.1) is 0 Å². The van der Waals surface area contributed by atoms with Crippen molar-refractivity contribution in [2.24, 2.45) is 5.84 Å². The predicted molar refractivity (Wildman–Crippen MR) is 66.9 cm³/mol. The standard InChI is InChI=1S/C13H22N2O/c1-10-5-7-11(8-6-10)12(15-14)9-16-13(2,3)4/h5-8,12,15H,9,14H2,1-4H3. The molecule has 0 fully saturated rings. The van der Waals surface area contributed by atoms with Gasteiger partial charge in [0.05, 0.1) is 18.2 Å². The van der Waals surface area contributed by atoms with Gasteiger partial charge < -0.3 is 4.74 Å². The Bertz CT molecular complexity index is 314. The van der Waals surface area contributed by atoms with Gasteiger partial charge in [-0.2, -0.15) is 0 Å². The number of nitrogens with two attached hydrogens (primary N) is 1. The second-order valence-electron chi connectivity index (χ2n) is 5.05. The van der Waals surface area contributed by atoms with Crippen LogP contribution in [0.4, 0.5) is 0 Å². The van der Waals surface area contributed by atoms with Crippen LogP contribution < -0.4 is 11.3 Å². The Kier molecular flexibility index (Phi) is 4.47. The maximum Gasteiger partial charge on any atom is 0.0694 e. The third-order valence-electron chi connectivity index (χ3n) is 2.36. The van der Waals surface area contributed by atoms with Crippen molar-refractivity contribution in [1.82, 2.24) is 5.43 Å². The van der Waals surface area contributed by atoms with Gasteiger partial charge in [-0.25, -0.2) is 0 Å². The molecule has 0 amide bonds. The Balaban J connectivity index is 2.64. The fourth-order valence-corrected chi connectivity index (χ4v) is 1.37. The molecule has 3 heteroatoms. The van der Waals surface area contributed by atoms with Gasteiger partial charge in [0.2, 0.25) is 0 Å². The fourth-order valence-electron chi connectivity index (χ4n) is 1.37. The molecule has 1 atom stereocenters. The Hall–Kier alpha value is -0.900. The largest absolute Gasteiger partial charge is 0.374 e. The normalized spacial score (nSPS) is 13.8. The van der Waals surface area contributed by atoms with Crippen molar-refractivity contribution < 1.29 is 4.74 Å². The molecule has 90 valence electrons. The minimum atomic E-state index is -0.139. The van der Waals surface area contributed by atoms with Gasteiger partial charge in [-0.1, -0.05) is 29.8 Å². The lowest BCUT2D eigenvalue weighted by Crippen LogP contribution is -2.34. The zero-order valence-corrected chi connectivity index (χ0v) is 10.6. The van der Waals surface area contributed by atoms with Crippen LogP contribution in [0.5, 0.6) is 0 Å². The third-order valence-corrected chi connectivity index (χ3v) is 2.36. The number of nitrogens with one attached hydrogen (secondary N) is 1. The van der Waals surface area contributed by atoms with Crippen LogP contribution in [-0.2, 0) is 4.74 Å². The third kappa shape index (κ3) is 4.31. The first-order chi connectivity index (χ1) is 7.42.